The highest BCUT2D eigenvalue weighted by molar-refractivity contribution is 8.00. The number of nitro benzene ring substituents is 1. The van der Waals surface area contributed by atoms with E-state index in [2.05, 4.69) is 15.5 Å². The predicted molar refractivity (Wildman–Crippen MR) is 121 cm³/mol. The molecule has 0 saturated heterocycles. The fraction of sp³-hybridized carbons (Fsp3) is 0.0952. The van der Waals surface area contributed by atoms with Gasteiger partial charge in [-0.25, -0.2) is 0 Å². The van der Waals surface area contributed by atoms with Crippen LogP contribution in [-0.4, -0.2) is 28.1 Å². The number of hydrogen-bond donors (Lipinski definition) is 1. The summed E-state index contributed by atoms with van der Waals surface area (Å²) in [4.78, 5) is 23.4. The van der Waals surface area contributed by atoms with Gasteiger partial charge in [0.05, 0.1) is 23.7 Å². The Morgan fingerprint density at radius 1 is 1.19 bits per heavy atom. The van der Waals surface area contributed by atoms with Crippen molar-refractivity contribution >= 4 is 39.8 Å². The molecule has 32 heavy (non-hydrogen) atoms. The lowest BCUT2D eigenvalue weighted by Crippen LogP contribution is -2.10. The number of carbonyl (C=O) groups is 1. The van der Waals surface area contributed by atoms with Crippen LogP contribution in [0, 0.1) is 10.1 Å². The van der Waals surface area contributed by atoms with E-state index in [0.717, 1.165) is 15.7 Å². The molecule has 4 rings (SSSR count). The Kier molecular flexibility index (Phi) is 6.47. The number of anilines is 1. The summed E-state index contributed by atoms with van der Waals surface area (Å²) in [6.45, 7) is 0. The summed E-state index contributed by atoms with van der Waals surface area (Å²) in [5.41, 5.74) is 1.22. The van der Waals surface area contributed by atoms with Crippen LogP contribution < -0.4 is 10.1 Å². The number of rotatable bonds is 8. The molecule has 0 fully saturated rings. The maximum Gasteiger partial charge on any atom is 0.293 e. The van der Waals surface area contributed by atoms with Gasteiger partial charge in [-0.15, -0.1) is 10.2 Å². The summed E-state index contributed by atoms with van der Waals surface area (Å²) >= 11 is 2.77. The molecule has 0 aliphatic rings. The van der Waals surface area contributed by atoms with Crippen molar-refractivity contribution in [3.63, 3.8) is 0 Å². The summed E-state index contributed by atoms with van der Waals surface area (Å²) in [5.74, 6) is 0.760. The number of ether oxygens (including phenoxy) is 1. The zero-order chi connectivity index (χ0) is 22.5. The second-order valence-corrected chi connectivity index (χ2v) is 8.61. The summed E-state index contributed by atoms with van der Waals surface area (Å²) in [7, 11) is 1.42. The highest BCUT2D eigenvalue weighted by Crippen LogP contribution is 2.34. The highest BCUT2D eigenvalue weighted by Gasteiger charge is 2.21. The molecule has 11 heteroatoms. The van der Waals surface area contributed by atoms with E-state index in [-0.39, 0.29) is 22.8 Å². The third-order valence-electron chi connectivity index (χ3n) is 4.33. The zero-order valence-electron chi connectivity index (χ0n) is 16.7. The van der Waals surface area contributed by atoms with E-state index in [4.69, 9.17) is 9.15 Å². The predicted octanol–water partition coefficient (Wildman–Crippen LogP) is 5.26. The fourth-order valence-corrected chi connectivity index (χ4v) is 4.50. The minimum Gasteiger partial charge on any atom is -0.497 e. The fourth-order valence-electron chi connectivity index (χ4n) is 2.80. The number of hydrogen-bond acceptors (Lipinski definition) is 9. The quantitative estimate of drug-likeness (QED) is 0.161. The Balaban J connectivity index is 1.44. The Hall–Kier alpha value is -3.70. The molecular formula is C21H16N4O5S2. The SMILES string of the molecule is COc1ccc(-c2ccc(C(=O)Nc3nnc(SCc4ccccc4)s3)o2)c([N+](=O)[O-])c1. The Morgan fingerprint density at radius 3 is 2.75 bits per heavy atom. The molecule has 2 heterocycles. The van der Waals surface area contributed by atoms with E-state index in [9.17, 15) is 14.9 Å². The van der Waals surface area contributed by atoms with Crippen LogP contribution in [0.2, 0.25) is 0 Å². The first kappa shape index (κ1) is 21.5. The zero-order valence-corrected chi connectivity index (χ0v) is 18.3. The van der Waals surface area contributed by atoms with Crippen molar-refractivity contribution in [2.75, 3.05) is 12.4 Å². The lowest BCUT2D eigenvalue weighted by molar-refractivity contribution is -0.384. The molecule has 1 amide bonds. The van der Waals surface area contributed by atoms with E-state index in [1.807, 2.05) is 30.3 Å². The average molecular weight is 469 g/mol. The Bertz CT molecular complexity index is 1260. The first-order valence-electron chi connectivity index (χ1n) is 9.27. The molecule has 0 aliphatic carbocycles. The van der Waals surface area contributed by atoms with Crippen molar-refractivity contribution in [3.8, 4) is 17.1 Å². The molecule has 2 aromatic carbocycles. The summed E-state index contributed by atoms with van der Waals surface area (Å²) in [6, 6.07) is 17.3. The van der Waals surface area contributed by atoms with Gasteiger partial charge in [0.1, 0.15) is 11.5 Å². The minimum atomic E-state index is -0.532. The van der Waals surface area contributed by atoms with Crippen molar-refractivity contribution in [2.24, 2.45) is 0 Å². The van der Waals surface area contributed by atoms with Crippen molar-refractivity contribution < 1.29 is 18.9 Å². The van der Waals surface area contributed by atoms with Crippen LogP contribution in [0.5, 0.6) is 5.75 Å². The van der Waals surface area contributed by atoms with Gasteiger partial charge in [-0.2, -0.15) is 0 Å². The van der Waals surface area contributed by atoms with Gasteiger partial charge in [0.15, 0.2) is 10.1 Å². The molecule has 0 radical (unpaired) electrons. The van der Waals surface area contributed by atoms with E-state index >= 15 is 0 Å². The molecule has 4 aromatic rings. The third kappa shape index (κ3) is 4.95. The number of nitro groups is 1. The van der Waals surface area contributed by atoms with Crippen molar-refractivity contribution in [3.05, 3.63) is 82.1 Å². The van der Waals surface area contributed by atoms with Crippen LogP contribution >= 0.6 is 23.1 Å². The Labute approximate surface area is 190 Å². The van der Waals surface area contributed by atoms with Crippen LogP contribution in [0.4, 0.5) is 10.8 Å². The molecule has 0 saturated carbocycles. The van der Waals surface area contributed by atoms with Gasteiger partial charge in [0, 0.05) is 5.75 Å². The lowest BCUT2D eigenvalue weighted by atomic mass is 10.1. The molecule has 0 spiro atoms. The van der Waals surface area contributed by atoms with Crippen LogP contribution in [0.15, 0.2) is 69.4 Å². The van der Waals surface area contributed by atoms with E-state index in [1.54, 1.807) is 6.07 Å². The van der Waals surface area contributed by atoms with Gasteiger partial charge in [-0.3, -0.25) is 20.2 Å². The molecule has 0 aliphatic heterocycles. The molecule has 1 N–H and O–H groups in total. The second-order valence-electron chi connectivity index (χ2n) is 6.41. The van der Waals surface area contributed by atoms with E-state index < -0.39 is 10.8 Å². The molecule has 9 nitrogen and oxygen atoms in total. The number of thioether (sulfide) groups is 1. The molecule has 162 valence electrons. The first-order chi connectivity index (χ1) is 15.5. The van der Waals surface area contributed by atoms with Gasteiger partial charge >= 0.3 is 0 Å². The summed E-state index contributed by atoms with van der Waals surface area (Å²) in [6.07, 6.45) is 0. The standard InChI is InChI=1S/C21H16N4O5S2/c1-29-14-7-8-15(16(11-14)25(27)28)17-9-10-18(30-17)19(26)22-20-23-24-21(32-20)31-12-13-5-3-2-4-6-13/h2-11H,12H2,1H3,(H,22,23,26). The number of nitrogens with one attached hydrogen (secondary N) is 1. The average Bonchev–Trinajstić information content (AvgIpc) is 3.48. The maximum atomic E-state index is 12.5. The van der Waals surface area contributed by atoms with Crippen molar-refractivity contribution in [1.29, 1.82) is 0 Å². The van der Waals surface area contributed by atoms with Crippen LogP contribution in [0.25, 0.3) is 11.3 Å². The second kappa shape index (κ2) is 9.62. The van der Waals surface area contributed by atoms with Crippen LogP contribution in [0.3, 0.4) is 0 Å². The van der Waals surface area contributed by atoms with Gasteiger partial charge in [-0.1, -0.05) is 53.4 Å². The van der Waals surface area contributed by atoms with Gasteiger partial charge < -0.3 is 9.15 Å². The number of benzene rings is 2. The van der Waals surface area contributed by atoms with Crippen LogP contribution in [0.1, 0.15) is 16.1 Å². The number of furan rings is 1. The third-order valence-corrected chi connectivity index (χ3v) is 6.37. The summed E-state index contributed by atoms with van der Waals surface area (Å²) < 4.78 is 11.3. The van der Waals surface area contributed by atoms with E-state index in [0.29, 0.717) is 10.9 Å². The lowest BCUT2D eigenvalue weighted by Gasteiger charge is -2.03. The van der Waals surface area contributed by atoms with Crippen molar-refractivity contribution in [2.45, 2.75) is 10.1 Å². The van der Waals surface area contributed by atoms with Crippen molar-refractivity contribution in [1.82, 2.24) is 10.2 Å². The van der Waals surface area contributed by atoms with Gasteiger partial charge in [0.2, 0.25) is 5.13 Å². The number of carbonyl (C=O) groups excluding carboxylic acids is 1. The number of methoxy groups -OCH3 is 1. The van der Waals surface area contributed by atoms with Gasteiger partial charge in [0.25, 0.3) is 11.6 Å². The van der Waals surface area contributed by atoms with Crippen LogP contribution in [-0.2, 0) is 5.75 Å². The largest absolute Gasteiger partial charge is 0.497 e. The topological polar surface area (TPSA) is 120 Å². The molecule has 0 atom stereocenters. The Morgan fingerprint density at radius 2 is 2.00 bits per heavy atom. The monoisotopic (exact) mass is 468 g/mol. The minimum absolute atomic E-state index is 0.00111. The number of nitrogens with zero attached hydrogens (tertiary/aromatic N) is 3. The highest BCUT2D eigenvalue weighted by atomic mass is 32.2. The smallest absolute Gasteiger partial charge is 0.293 e. The molecular weight excluding hydrogens is 452 g/mol. The maximum absolute atomic E-state index is 12.5. The van der Waals surface area contributed by atoms with Gasteiger partial charge in [-0.05, 0) is 29.8 Å². The molecule has 0 bridgehead atoms. The molecule has 0 unspecified atom stereocenters. The first-order valence-corrected chi connectivity index (χ1v) is 11.1. The number of amides is 1. The normalized spacial score (nSPS) is 10.7. The summed E-state index contributed by atoms with van der Waals surface area (Å²) in [5, 5.41) is 22.4. The van der Waals surface area contributed by atoms with E-state index in [1.165, 1.54) is 54.5 Å². The number of aromatic nitrogens is 2. The molecule has 2 aromatic heterocycles.